The Bertz CT molecular complexity index is 242. The highest BCUT2D eigenvalue weighted by atomic mass is 16.2. The lowest BCUT2D eigenvalue weighted by Gasteiger charge is -2.29. The van der Waals surface area contributed by atoms with E-state index in [0.29, 0.717) is 11.8 Å². The largest absolute Gasteiger partial charge is 0.352 e. The van der Waals surface area contributed by atoms with Gasteiger partial charge < -0.3 is 11.1 Å². The van der Waals surface area contributed by atoms with E-state index in [2.05, 4.69) is 26.1 Å². The molecule has 1 aliphatic rings. The lowest BCUT2D eigenvalue weighted by atomic mass is 9.92. The Morgan fingerprint density at radius 3 is 2.31 bits per heavy atom. The topological polar surface area (TPSA) is 55.1 Å². The molecule has 0 heterocycles. The van der Waals surface area contributed by atoms with Crippen LogP contribution in [0.25, 0.3) is 0 Å². The zero-order valence-electron chi connectivity index (χ0n) is 11.0. The molecule has 2 unspecified atom stereocenters. The van der Waals surface area contributed by atoms with E-state index in [1.54, 1.807) is 0 Å². The van der Waals surface area contributed by atoms with Crippen molar-refractivity contribution in [2.24, 2.45) is 17.6 Å². The quantitative estimate of drug-likeness (QED) is 0.728. The van der Waals surface area contributed by atoms with Gasteiger partial charge in [-0.25, -0.2) is 0 Å². The molecule has 1 amide bonds. The number of carbonyl (C=O) groups excluding carboxylic acids is 1. The van der Waals surface area contributed by atoms with Crippen LogP contribution in [-0.2, 0) is 4.79 Å². The molecular formula is C13H26N2O. The van der Waals surface area contributed by atoms with Crippen LogP contribution in [0, 0.1) is 11.8 Å². The van der Waals surface area contributed by atoms with Gasteiger partial charge in [0, 0.05) is 6.04 Å². The Morgan fingerprint density at radius 1 is 1.44 bits per heavy atom. The Kier molecular flexibility index (Phi) is 4.36. The number of nitrogens with one attached hydrogen (secondary N) is 1. The lowest BCUT2D eigenvalue weighted by Crippen LogP contribution is -2.56. The minimum absolute atomic E-state index is 0.0226. The predicted molar refractivity (Wildman–Crippen MR) is 67.0 cm³/mol. The maximum Gasteiger partial charge on any atom is 0.240 e. The van der Waals surface area contributed by atoms with Gasteiger partial charge in [-0.2, -0.15) is 0 Å². The molecule has 16 heavy (non-hydrogen) atoms. The van der Waals surface area contributed by atoms with Crippen molar-refractivity contribution in [1.29, 1.82) is 0 Å². The van der Waals surface area contributed by atoms with E-state index < -0.39 is 5.54 Å². The van der Waals surface area contributed by atoms with Crippen LogP contribution < -0.4 is 11.1 Å². The van der Waals surface area contributed by atoms with Gasteiger partial charge in [-0.05, 0) is 38.5 Å². The van der Waals surface area contributed by atoms with Gasteiger partial charge in [0.15, 0.2) is 0 Å². The summed E-state index contributed by atoms with van der Waals surface area (Å²) >= 11 is 0. The predicted octanol–water partition coefficient (Wildman–Crippen LogP) is 2.05. The van der Waals surface area contributed by atoms with Crippen molar-refractivity contribution >= 4 is 5.91 Å². The van der Waals surface area contributed by atoms with Crippen molar-refractivity contribution in [3.8, 4) is 0 Å². The van der Waals surface area contributed by atoms with E-state index in [1.165, 1.54) is 0 Å². The molecule has 1 fully saturated rings. The van der Waals surface area contributed by atoms with Crippen LogP contribution in [0.15, 0.2) is 0 Å². The van der Waals surface area contributed by atoms with Crippen LogP contribution in [0.5, 0.6) is 0 Å². The Balaban J connectivity index is 2.49. The average molecular weight is 226 g/mol. The first kappa shape index (κ1) is 13.5. The summed E-state index contributed by atoms with van der Waals surface area (Å²) in [6.45, 7) is 8.27. The summed E-state index contributed by atoms with van der Waals surface area (Å²) in [4.78, 5) is 12.1. The molecule has 3 N–H and O–H groups in total. The van der Waals surface area contributed by atoms with Gasteiger partial charge in [-0.1, -0.05) is 26.7 Å². The van der Waals surface area contributed by atoms with Gasteiger partial charge in [0.25, 0.3) is 0 Å². The van der Waals surface area contributed by atoms with Crippen LogP contribution in [0.3, 0.4) is 0 Å². The second-order valence-corrected chi connectivity index (χ2v) is 5.40. The number of amides is 1. The molecule has 94 valence electrons. The van der Waals surface area contributed by atoms with Gasteiger partial charge in [-0.15, -0.1) is 0 Å². The van der Waals surface area contributed by atoms with Crippen molar-refractivity contribution in [3.63, 3.8) is 0 Å². The third-order valence-electron chi connectivity index (χ3n) is 4.03. The van der Waals surface area contributed by atoms with E-state index in [-0.39, 0.29) is 11.9 Å². The summed E-state index contributed by atoms with van der Waals surface area (Å²) < 4.78 is 0. The third-order valence-corrected chi connectivity index (χ3v) is 4.03. The van der Waals surface area contributed by atoms with E-state index in [4.69, 9.17) is 5.73 Å². The van der Waals surface area contributed by atoms with E-state index in [9.17, 15) is 4.79 Å². The summed E-state index contributed by atoms with van der Waals surface area (Å²) in [5, 5.41) is 3.08. The van der Waals surface area contributed by atoms with Gasteiger partial charge in [0.1, 0.15) is 0 Å². The molecular weight excluding hydrogens is 200 g/mol. The molecule has 0 aromatic carbocycles. The summed E-state index contributed by atoms with van der Waals surface area (Å²) in [6.07, 6.45) is 4.39. The summed E-state index contributed by atoms with van der Waals surface area (Å²) in [5.74, 6) is 0.967. The highest BCUT2D eigenvalue weighted by molar-refractivity contribution is 5.86. The number of nitrogens with two attached hydrogens (primary N) is 1. The van der Waals surface area contributed by atoms with Crippen molar-refractivity contribution in [2.75, 3.05) is 0 Å². The molecule has 1 rings (SSSR count). The first-order chi connectivity index (χ1) is 7.43. The Labute approximate surface area is 99.2 Å². The monoisotopic (exact) mass is 226 g/mol. The molecule has 0 aliphatic heterocycles. The number of carbonyl (C=O) groups is 1. The molecule has 0 bridgehead atoms. The van der Waals surface area contributed by atoms with Crippen LogP contribution in [0.2, 0.25) is 0 Å². The fourth-order valence-corrected chi connectivity index (χ4v) is 2.34. The Morgan fingerprint density at radius 2 is 1.94 bits per heavy atom. The highest BCUT2D eigenvalue weighted by Crippen LogP contribution is 2.38. The van der Waals surface area contributed by atoms with Crippen LogP contribution in [0.1, 0.15) is 53.4 Å². The molecule has 0 saturated heterocycles. The van der Waals surface area contributed by atoms with Crippen LogP contribution >= 0.6 is 0 Å². The van der Waals surface area contributed by atoms with Gasteiger partial charge >= 0.3 is 0 Å². The zero-order valence-corrected chi connectivity index (χ0v) is 11.0. The van der Waals surface area contributed by atoms with Gasteiger partial charge in [-0.3, -0.25) is 4.79 Å². The maximum absolute atomic E-state index is 12.1. The number of hydrogen-bond acceptors (Lipinski definition) is 2. The minimum atomic E-state index is -0.666. The molecule has 0 spiro atoms. The van der Waals surface area contributed by atoms with Gasteiger partial charge in [0.05, 0.1) is 5.54 Å². The molecule has 1 aliphatic carbocycles. The maximum atomic E-state index is 12.1. The molecule has 1 saturated carbocycles. The Hall–Kier alpha value is -0.570. The summed E-state index contributed by atoms with van der Waals surface area (Å²) in [7, 11) is 0. The number of rotatable bonds is 6. The second kappa shape index (κ2) is 5.17. The fraction of sp³-hybridized carbons (Fsp3) is 0.923. The zero-order chi connectivity index (χ0) is 12.3. The molecule has 0 aromatic rings. The normalized spacial score (nSPS) is 21.6. The second-order valence-electron chi connectivity index (χ2n) is 5.40. The highest BCUT2D eigenvalue weighted by Gasteiger charge is 2.44. The van der Waals surface area contributed by atoms with E-state index in [1.807, 2.05) is 6.92 Å². The first-order valence-electron chi connectivity index (χ1n) is 6.53. The minimum Gasteiger partial charge on any atom is -0.352 e. The van der Waals surface area contributed by atoms with E-state index in [0.717, 1.165) is 25.7 Å². The van der Waals surface area contributed by atoms with Crippen LogP contribution in [0.4, 0.5) is 0 Å². The van der Waals surface area contributed by atoms with E-state index >= 15 is 0 Å². The standard InChI is InChI=1S/C13H26N2O/c1-5-10(6-2)9(3)15-12(16)13(4,14)11-7-8-11/h9-11H,5-8,14H2,1-4H3,(H,15,16). The molecule has 3 nitrogen and oxygen atoms in total. The molecule has 2 atom stereocenters. The molecule has 0 aromatic heterocycles. The average Bonchev–Trinajstić information content (AvgIpc) is 3.02. The lowest BCUT2D eigenvalue weighted by molar-refractivity contribution is -0.127. The fourth-order valence-electron chi connectivity index (χ4n) is 2.34. The van der Waals surface area contributed by atoms with Crippen molar-refractivity contribution < 1.29 is 4.79 Å². The van der Waals surface area contributed by atoms with Crippen molar-refractivity contribution in [2.45, 2.75) is 65.0 Å². The molecule has 3 heteroatoms. The smallest absolute Gasteiger partial charge is 0.240 e. The van der Waals surface area contributed by atoms with Gasteiger partial charge in [0.2, 0.25) is 5.91 Å². The SMILES string of the molecule is CCC(CC)C(C)NC(=O)C(C)(N)C1CC1. The number of hydrogen-bond donors (Lipinski definition) is 2. The van der Waals surface area contributed by atoms with Crippen molar-refractivity contribution in [1.82, 2.24) is 5.32 Å². The third kappa shape index (κ3) is 2.97. The summed E-state index contributed by atoms with van der Waals surface area (Å²) in [6, 6.07) is 0.226. The van der Waals surface area contributed by atoms with Crippen LogP contribution in [-0.4, -0.2) is 17.5 Å². The summed E-state index contributed by atoms with van der Waals surface area (Å²) in [5.41, 5.74) is 5.42. The molecule has 0 radical (unpaired) electrons. The first-order valence-corrected chi connectivity index (χ1v) is 6.53. The van der Waals surface area contributed by atoms with Crippen molar-refractivity contribution in [3.05, 3.63) is 0 Å².